The summed E-state index contributed by atoms with van der Waals surface area (Å²) in [6.45, 7) is 2.04. The molecule has 2 aromatic carbocycles. The van der Waals surface area contributed by atoms with Crippen LogP contribution >= 0.6 is 11.6 Å². The summed E-state index contributed by atoms with van der Waals surface area (Å²) < 4.78 is 1.55. The third-order valence-corrected chi connectivity index (χ3v) is 4.10. The lowest BCUT2D eigenvalue weighted by Gasteiger charge is -2.06. The Labute approximate surface area is 155 Å². The van der Waals surface area contributed by atoms with Crippen molar-refractivity contribution in [2.24, 2.45) is 0 Å². The van der Waals surface area contributed by atoms with Gasteiger partial charge >= 0.3 is 0 Å². The van der Waals surface area contributed by atoms with Crippen molar-refractivity contribution in [2.45, 2.75) is 13.3 Å². The molecule has 2 N–H and O–H groups in total. The molecule has 6 nitrogen and oxygen atoms in total. The van der Waals surface area contributed by atoms with Gasteiger partial charge in [0, 0.05) is 16.8 Å². The predicted octanol–water partition coefficient (Wildman–Crippen LogP) is 3.16. The molecule has 3 rings (SSSR count). The maximum Gasteiger partial charge on any atom is 0.272 e. The summed E-state index contributed by atoms with van der Waals surface area (Å²) in [5, 5.41) is 4.76. The zero-order valence-corrected chi connectivity index (χ0v) is 14.8. The zero-order valence-electron chi connectivity index (χ0n) is 14.1. The monoisotopic (exact) mass is 368 g/mol. The summed E-state index contributed by atoms with van der Waals surface area (Å²) in [5.74, 6) is -0.838. The number of aryl methyl sites for hydroxylation is 1. The van der Waals surface area contributed by atoms with Crippen molar-refractivity contribution in [1.29, 1.82) is 0 Å². The summed E-state index contributed by atoms with van der Waals surface area (Å²) in [7, 11) is 0. The Morgan fingerprint density at radius 3 is 2.19 bits per heavy atom. The van der Waals surface area contributed by atoms with Gasteiger partial charge in [-0.25, -0.2) is 4.68 Å². The molecule has 3 aromatic rings. The topological polar surface area (TPSA) is 76.0 Å². The van der Waals surface area contributed by atoms with Gasteiger partial charge in [0.25, 0.3) is 11.8 Å². The Morgan fingerprint density at radius 2 is 1.58 bits per heavy atom. The number of hydrogen-bond donors (Lipinski definition) is 2. The second kappa shape index (κ2) is 7.84. The molecule has 0 aliphatic heterocycles. The molecule has 0 saturated heterocycles. The normalized spacial score (nSPS) is 10.4. The lowest BCUT2D eigenvalue weighted by atomic mass is 10.1. The minimum atomic E-state index is -0.455. The van der Waals surface area contributed by atoms with Gasteiger partial charge in [0.05, 0.1) is 17.4 Å². The summed E-state index contributed by atoms with van der Waals surface area (Å²) in [6, 6.07) is 14.3. The molecule has 0 fully saturated rings. The third kappa shape index (κ3) is 4.10. The fourth-order valence-corrected chi connectivity index (χ4v) is 2.45. The van der Waals surface area contributed by atoms with Gasteiger partial charge < -0.3 is 0 Å². The molecule has 0 bridgehead atoms. The lowest BCUT2D eigenvalue weighted by molar-refractivity contribution is 0.0846. The van der Waals surface area contributed by atoms with Gasteiger partial charge in [-0.2, -0.15) is 5.10 Å². The number of halogens is 1. The van der Waals surface area contributed by atoms with Crippen LogP contribution in [0.2, 0.25) is 5.02 Å². The molecule has 1 aromatic heterocycles. The Kier molecular flexibility index (Phi) is 5.34. The number of benzene rings is 2. The number of hydrazine groups is 1. The van der Waals surface area contributed by atoms with E-state index in [0.29, 0.717) is 16.1 Å². The maximum atomic E-state index is 12.2. The number of amides is 2. The summed E-state index contributed by atoms with van der Waals surface area (Å²) in [4.78, 5) is 24.3. The van der Waals surface area contributed by atoms with Crippen LogP contribution in [0.1, 0.15) is 33.2 Å². The first-order valence-corrected chi connectivity index (χ1v) is 8.45. The Morgan fingerprint density at radius 1 is 0.962 bits per heavy atom. The highest BCUT2D eigenvalue weighted by atomic mass is 35.5. The zero-order chi connectivity index (χ0) is 18.5. The van der Waals surface area contributed by atoms with Crippen molar-refractivity contribution < 1.29 is 9.59 Å². The molecule has 26 heavy (non-hydrogen) atoms. The van der Waals surface area contributed by atoms with Crippen LogP contribution < -0.4 is 10.9 Å². The van der Waals surface area contributed by atoms with Crippen LogP contribution in [0.4, 0.5) is 0 Å². The summed E-state index contributed by atoms with van der Waals surface area (Å²) in [5.41, 5.74) is 7.49. The molecular formula is C19H17ClN4O2. The van der Waals surface area contributed by atoms with E-state index in [9.17, 15) is 9.59 Å². The molecule has 0 aliphatic carbocycles. The minimum absolute atomic E-state index is 0.321. The van der Waals surface area contributed by atoms with Gasteiger partial charge in [-0.05, 0) is 48.4 Å². The van der Waals surface area contributed by atoms with E-state index in [4.69, 9.17) is 11.6 Å². The van der Waals surface area contributed by atoms with E-state index < -0.39 is 5.91 Å². The molecule has 0 saturated carbocycles. The number of hydrogen-bond acceptors (Lipinski definition) is 3. The lowest BCUT2D eigenvalue weighted by Crippen LogP contribution is -2.41. The van der Waals surface area contributed by atoms with Crippen molar-refractivity contribution in [3.8, 4) is 5.69 Å². The van der Waals surface area contributed by atoms with Crippen molar-refractivity contribution >= 4 is 23.4 Å². The first-order chi connectivity index (χ1) is 12.6. The molecule has 0 radical (unpaired) electrons. The molecule has 0 unspecified atom stereocenters. The highest BCUT2D eigenvalue weighted by Gasteiger charge is 2.11. The molecule has 132 valence electrons. The van der Waals surface area contributed by atoms with Crippen molar-refractivity contribution in [3.63, 3.8) is 0 Å². The third-order valence-electron chi connectivity index (χ3n) is 3.85. The molecular weight excluding hydrogens is 352 g/mol. The van der Waals surface area contributed by atoms with Gasteiger partial charge in [-0.3, -0.25) is 20.4 Å². The van der Waals surface area contributed by atoms with Crippen LogP contribution in [0, 0.1) is 0 Å². The smallest absolute Gasteiger partial charge is 0.267 e. The van der Waals surface area contributed by atoms with E-state index in [1.807, 2.05) is 19.1 Å². The van der Waals surface area contributed by atoms with Crippen LogP contribution in [0.15, 0.2) is 60.9 Å². The van der Waals surface area contributed by atoms with Crippen molar-refractivity contribution in [3.05, 3.63) is 82.6 Å². The fraction of sp³-hybridized carbons (Fsp3) is 0.105. The maximum absolute atomic E-state index is 12.2. The number of nitrogens with zero attached hydrogens (tertiary/aromatic N) is 2. The minimum Gasteiger partial charge on any atom is -0.267 e. The summed E-state index contributed by atoms with van der Waals surface area (Å²) in [6.07, 6.45) is 3.89. The molecule has 1 heterocycles. The van der Waals surface area contributed by atoms with Gasteiger partial charge in [-0.15, -0.1) is 0 Å². The van der Waals surface area contributed by atoms with Crippen molar-refractivity contribution in [2.75, 3.05) is 0 Å². The summed E-state index contributed by atoms with van der Waals surface area (Å²) >= 11 is 5.86. The Bertz CT molecular complexity index is 917. The van der Waals surface area contributed by atoms with E-state index in [2.05, 4.69) is 16.0 Å². The number of carbonyl (C=O) groups is 2. The second-order valence-electron chi connectivity index (χ2n) is 5.61. The molecule has 7 heteroatoms. The molecule has 0 aliphatic rings. The van der Waals surface area contributed by atoms with E-state index in [0.717, 1.165) is 17.7 Å². The predicted molar refractivity (Wildman–Crippen MR) is 99.3 cm³/mol. The molecule has 2 amide bonds. The van der Waals surface area contributed by atoms with Crippen LogP contribution in [-0.2, 0) is 6.42 Å². The van der Waals surface area contributed by atoms with Crippen LogP contribution in [0.5, 0.6) is 0 Å². The highest BCUT2D eigenvalue weighted by molar-refractivity contribution is 6.30. The second-order valence-corrected chi connectivity index (χ2v) is 6.05. The van der Waals surface area contributed by atoms with Crippen LogP contribution in [0.25, 0.3) is 5.69 Å². The van der Waals surface area contributed by atoms with Crippen molar-refractivity contribution in [1.82, 2.24) is 20.6 Å². The molecule has 0 atom stereocenters. The Hall–Kier alpha value is -3.12. The first kappa shape index (κ1) is 17.7. The highest BCUT2D eigenvalue weighted by Crippen LogP contribution is 2.13. The fourth-order valence-electron chi connectivity index (χ4n) is 2.32. The molecule has 0 spiro atoms. The number of rotatable bonds is 4. The SMILES string of the molecule is CCc1ccc(C(=O)NNC(=O)c2cnn(-c3ccc(Cl)cc3)c2)cc1. The Balaban J connectivity index is 1.61. The van der Waals surface area contributed by atoms with Crippen LogP contribution in [0.3, 0.4) is 0 Å². The van der Waals surface area contributed by atoms with E-state index in [-0.39, 0.29) is 5.91 Å². The van der Waals surface area contributed by atoms with Gasteiger partial charge in [0.15, 0.2) is 0 Å². The van der Waals surface area contributed by atoms with E-state index >= 15 is 0 Å². The largest absolute Gasteiger partial charge is 0.272 e. The van der Waals surface area contributed by atoms with Gasteiger partial charge in [-0.1, -0.05) is 30.7 Å². The standard InChI is InChI=1S/C19H17ClN4O2/c1-2-13-3-5-14(6-4-13)18(25)22-23-19(26)15-11-21-24(12-15)17-9-7-16(20)8-10-17/h3-12H,2H2,1H3,(H,22,25)(H,23,26). The quantitative estimate of drug-likeness (QED) is 0.694. The van der Waals surface area contributed by atoms with Gasteiger partial charge in [0.2, 0.25) is 0 Å². The number of nitrogens with one attached hydrogen (secondary N) is 2. The first-order valence-electron chi connectivity index (χ1n) is 8.07. The average molecular weight is 369 g/mol. The van der Waals surface area contributed by atoms with E-state index in [1.54, 1.807) is 47.3 Å². The average Bonchev–Trinajstić information content (AvgIpc) is 3.16. The van der Waals surface area contributed by atoms with Gasteiger partial charge in [0.1, 0.15) is 0 Å². The number of aromatic nitrogens is 2. The van der Waals surface area contributed by atoms with Crippen LogP contribution in [-0.4, -0.2) is 21.6 Å². The number of carbonyl (C=O) groups excluding carboxylic acids is 2. The van der Waals surface area contributed by atoms with E-state index in [1.165, 1.54) is 6.20 Å².